The summed E-state index contributed by atoms with van der Waals surface area (Å²) in [6.07, 6.45) is 7.86. The van der Waals surface area contributed by atoms with Crippen LogP contribution in [0.3, 0.4) is 0 Å². The molecule has 0 aliphatic heterocycles. The van der Waals surface area contributed by atoms with E-state index in [4.69, 9.17) is 0 Å². The van der Waals surface area contributed by atoms with E-state index >= 15 is 0 Å². The third-order valence-electron chi connectivity index (χ3n) is 5.50. The van der Waals surface area contributed by atoms with E-state index in [1.165, 1.54) is 39.0 Å². The van der Waals surface area contributed by atoms with Gasteiger partial charge in [-0.2, -0.15) is 0 Å². The molecule has 0 heterocycles. The average molecular weight is 310 g/mol. The molecule has 0 saturated carbocycles. The zero-order chi connectivity index (χ0) is 16.3. The lowest BCUT2D eigenvalue weighted by atomic mass is 9.94. The van der Waals surface area contributed by atoms with Crippen LogP contribution in [0, 0.1) is 0 Å². The summed E-state index contributed by atoms with van der Waals surface area (Å²) in [6, 6.07) is 14.8. The Bertz CT molecular complexity index is 998. The molecule has 0 aromatic heterocycles. The summed E-state index contributed by atoms with van der Waals surface area (Å²) in [5.74, 6) is 0.128. The van der Waals surface area contributed by atoms with Crippen LogP contribution in [0.4, 0.5) is 0 Å². The number of carbonyl (C=O) groups excluding carboxylic acids is 1. The number of ketones is 1. The first-order valence-corrected chi connectivity index (χ1v) is 8.57. The highest BCUT2D eigenvalue weighted by Gasteiger charge is 2.29. The largest absolute Gasteiger partial charge is 0.295 e. The fourth-order valence-electron chi connectivity index (χ4n) is 4.35. The van der Waals surface area contributed by atoms with Crippen LogP contribution in [-0.4, -0.2) is 5.78 Å². The number of fused-ring (bicyclic) bond motifs is 3. The normalized spacial score (nSPS) is 20.4. The summed E-state index contributed by atoms with van der Waals surface area (Å²) in [4.78, 5) is 11.8. The van der Waals surface area contributed by atoms with E-state index in [2.05, 4.69) is 48.6 Å². The standard InChI is InChI=1S/C23H18O/c1-14(24)15-9-10-21-22(13-15)19-7-2-3-8-20(19)23(21)18-11-16-5-4-6-17(16)12-18/h2-5,7-10,13H,6,11-12H2,1H3/b23-18+. The van der Waals surface area contributed by atoms with E-state index in [0.717, 1.165) is 24.8 Å². The van der Waals surface area contributed by atoms with Crippen molar-refractivity contribution in [3.63, 3.8) is 0 Å². The van der Waals surface area contributed by atoms with Gasteiger partial charge < -0.3 is 0 Å². The van der Waals surface area contributed by atoms with Gasteiger partial charge in [0.05, 0.1) is 0 Å². The zero-order valence-corrected chi connectivity index (χ0v) is 13.7. The Hall–Kier alpha value is -2.67. The number of hydrogen-bond donors (Lipinski definition) is 0. The monoisotopic (exact) mass is 310 g/mol. The maximum absolute atomic E-state index is 11.8. The summed E-state index contributed by atoms with van der Waals surface area (Å²) in [6.45, 7) is 1.64. The highest BCUT2D eigenvalue weighted by atomic mass is 16.1. The minimum Gasteiger partial charge on any atom is -0.295 e. The molecule has 0 radical (unpaired) electrons. The van der Waals surface area contributed by atoms with Crippen LogP contribution in [0.5, 0.6) is 0 Å². The molecule has 5 rings (SSSR count). The van der Waals surface area contributed by atoms with Gasteiger partial charge >= 0.3 is 0 Å². The van der Waals surface area contributed by atoms with Gasteiger partial charge in [0.1, 0.15) is 0 Å². The second-order valence-electron chi connectivity index (χ2n) is 6.93. The Kier molecular flexibility index (Phi) is 2.81. The molecular weight excluding hydrogens is 292 g/mol. The Morgan fingerprint density at radius 1 is 0.875 bits per heavy atom. The van der Waals surface area contributed by atoms with Crippen LogP contribution in [-0.2, 0) is 0 Å². The fourth-order valence-corrected chi connectivity index (χ4v) is 4.35. The predicted octanol–water partition coefficient (Wildman–Crippen LogP) is 5.72. The number of rotatable bonds is 1. The summed E-state index contributed by atoms with van der Waals surface area (Å²) in [7, 11) is 0. The topological polar surface area (TPSA) is 17.1 Å². The van der Waals surface area contributed by atoms with Gasteiger partial charge in [0, 0.05) is 5.56 Å². The van der Waals surface area contributed by atoms with Crippen molar-refractivity contribution in [2.45, 2.75) is 26.2 Å². The number of carbonyl (C=O) groups is 1. The fraction of sp³-hybridized carbons (Fsp3) is 0.174. The number of hydrogen-bond acceptors (Lipinski definition) is 1. The van der Waals surface area contributed by atoms with Gasteiger partial charge in [-0.1, -0.05) is 59.7 Å². The van der Waals surface area contributed by atoms with Crippen LogP contribution >= 0.6 is 0 Å². The van der Waals surface area contributed by atoms with Gasteiger partial charge in [0.25, 0.3) is 0 Å². The molecule has 1 nitrogen and oxygen atoms in total. The highest BCUT2D eigenvalue weighted by Crippen LogP contribution is 2.50. The van der Waals surface area contributed by atoms with E-state index in [1.807, 2.05) is 6.07 Å². The van der Waals surface area contributed by atoms with E-state index in [-0.39, 0.29) is 5.78 Å². The highest BCUT2D eigenvalue weighted by molar-refractivity contribution is 6.05. The van der Waals surface area contributed by atoms with Crippen molar-refractivity contribution in [1.82, 2.24) is 0 Å². The lowest BCUT2D eigenvalue weighted by molar-refractivity contribution is 0.101. The zero-order valence-electron chi connectivity index (χ0n) is 13.7. The number of allylic oxidation sites excluding steroid dienone is 5. The van der Waals surface area contributed by atoms with E-state index in [0.29, 0.717) is 0 Å². The first-order chi connectivity index (χ1) is 11.7. The van der Waals surface area contributed by atoms with Crippen LogP contribution in [0.2, 0.25) is 0 Å². The van der Waals surface area contributed by atoms with Crippen LogP contribution < -0.4 is 0 Å². The maximum atomic E-state index is 11.8. The van der Waals surface area contributed by atoms with Crippen LogP contribution in [0.25, 0.3) is 16.7 Å². The first kappa shape index (κ1) is 13.7. The molecule has 0 atom stereocenters. The predicted molar refractivity (Wildman–Crippen MR) is 97.9 cm³/mol. The molecule has 0 unspecified atom stereocenters. The molecule has 24 heavy (non-hydrogen) atoms. The second kappa shape index (κ2) is 4.91. The number of benzene rings is 2. The maximum Gasteiger partial charge on any atom is 0.159 e. The summed E-state index contributed by atoms with van der Waals surface area (Å²) < 4.78 is 0. The minimum atomic E-state index is 0.128. The Balaban J connectivity index is 1.74. The van der Waals surface area contributed by atoms with Crippen LogP contribution in [0.15, 0.2) is 71.3 Å². The van der Waals surface area contributed by atoms with Gasteiger partial charge in [0.2, 0.25) is 0 Å². The molecule has 1 heteroatoms. The molecule has 3 aliphatic carbocycles. The molecule has 0 bridgehead atoms. The molecule has 2 aromatic rings. The molecule has 0 fully saturated rings. The molecule has 0 amide bonds. The van der Waals surface area contributed by atoms with E-state index in [1.54, 1.807) is 12.5 Å². The molecule has 3 aliphatic rings. The SMILES string of the molecule is CC(=O)c1ccc2c(c1)-c1ccccc1/C2=C1/CC2=C(CC=C2)C1. The molecule has 0 N–H and O–H groups in total. The Morgan fingerprint density at radius 2 is 1.67 bits per heavy atom. The first-order valence-electron chi connectivity index (χ1n) is 8.57. The van der Waals surface area contributed by atoms with Crippen molar-refractivity contribution < 1.29 is 4.79 Å². The number of Topliss-reactive ketones (excluding diaryl/α,β-unsaturated/α-hetero) is 1. The molecular formula is C23H18O. The third-order valence-corrected chi connectivity index (χ3v) is 5.50. The quantitative estimate of drug-likeness (QED) is 0.525. The minimum absolute atomic E-state index is 0.128. The van der Waals surface area contributed by atoms with Gasteiger partial charge in [-0.15, -0.1) is 0 Å². The lowest BCUT2D eigenvalue weighted by Crippen LogP contribution is -1.93. The Morgan fingerprint density at radius 3 is 2.46 bits per heavy atom. The third kappa shape index (κ3) is 1.85. The van der Waals surface area contributed by atoms with Gasteiger partial charge in [0.15, 0.2) is 5.78 Å². The van der Waals surface area contributed by atoms with Gasteiger partial charge in [-0.05, 0) is 65.7 Å². The van der Waals surface area contributed by atoms with Crippen molar-refractivity contribution in [2.75, 3.05) is 0 Å². The van der Waals surface area contributed by atoms with Crippen molar-refractivity contribution in [1.29, 1.82) is 0 Å². The molecule has 2 aromatic carbocycles. The van der Waals surface area contributed by atoms with Crippen molar-refractivity contribution in [3.8, 4) is 11.1 Å². The average Bonchev–Trinajstić information content (AvgIpc) is 3.24. The smallest absolute Gasteiger partial charge is 0.159 e. The summed E-state index contributed by atoms with van der Waals surface area (Å²) in [5, 5.41) is 0. The van der Waals surface area contributed by atoms with Crippen LogP contribution in [0.1, 0.15) is 47.7 Å². The van der Waals surface area contributed by atoms with Gasteiger partial charge in [-0.25, -0.2) is 0 Å². The molecule has 0 spiro atoms. The summed E-state index contributed by atoms with van der Waals surface area (Å²) >= 11 is 0. The molecule has 0 saturated heterocycles. The van der Waals surface area contributed by atoms with E-state index < -0.39 is 0 Å². The Labute approximate surface area is 142 Å². The van der Waals surface area contributed by atoms with E-state index in [9.17, 15) is 4.79 Å². The second-order valence-corrected chi connectivity index (χ2v) is 6.93. The lowest BCUT2D eigenvalue weighted by Gasteiger charge is -2.09. The summed E-state index contributed by atoms with van der Waals surface area (Å²) in [5.41, 5.74) is 11.9. The van der Waals surface area contributed by atoms with Crippen molar-refractivity contribution in [3.05, 3.63) is 88.0 Å². The molecule has 116 valence electrons. The van der Waals surface area contributed by atoms with Crippen molar-refractivity contribution in [2.24, 2.45) is 0 Å². The van der Waals surface area contributed by atoms with Gasteiger partial charge in [-0.3, -0.25) is 4.79 Å². The van der Waals surface area contributed by atoms with Crippen molar-refractivity contribution >= 4 is 11.4 Å².